The fraction of sp³-hybridized carbons (Fsp3) is 0.379. The summed E-state index contributed by atoms with van der Waals surface area (Å²) in [7, 11) is 0. The zero-order valence-corrected chi connectivity index (χ0v) is 21.2. The van der Waals surface area contributed by atoms with Gasteiger partial charge >= 0.3 is 6.18 Å². The standard InChI is InChI=1S/C29H30F5NO2/c1-17(2)24-10-21(13-27(16-24)35(36)37)9-19(4)25-11-20(12-26(15-25)29(32,33)34)8-18(3)22-6-5-7-23(14-22)28(30)31/h5-7,10-19,28H,8-9H2,1-4H3. The molecular formula is C29H30F5NO2. The molecule has 8 heteroatoms. The van der Waals surface area contributed by atoms with Crippen molar-refractivity contribution in [2.24, 2.45) is 0 Å². The lowest BCUT2D eigenvalue weighted by Crippen LogP contribution is -2.10. The Morgan fingerprint density at radius 3 is 1.89 bits per heavy atom. The van der Waals surface area contributed by atoms with Crippen molar-refractivity contribution >= 4 is 5.69 Å². The normalized spacial score (nSPS) is 13.7. The zero-order chi connectivity index (χ0) is 27.5. The second kappa shape index (κ2) is 11.4. The second-order valence-electron chi connectivity index (χ2n) is 9.99. The monoisotopic (exact) mass is 519 g/mol. The number of non-ortho nitro benzene ring substituents is 1. The highest BCUT2D eigenvalue weighted by atomic mass is 19.4. The van der Waals surface area contributed by atoms with Crippen molar-refractivity contribution in [3.63, 3.8) is 0 Å². The summed E-state index contributed by atoms with van der Waals surface area (Å²) in [6.07, 6.45) is -6.61. The first-order valence-corrected chi connectivity index (χ1v) is 12.1. The second-order valence-corrected chi connectivity index (χ2v) is 9.99. The highest BCUT2D eigenvalue weighted by Crippen LogP contribution is 2.35. The molecule has 3 aromatic carbocycles. The van der Waals surface area contributed by atoms with E-state index in [1.807, 2.05) is 19.9 Å². The molecule has 3 nitrogen and oxygen atoms in total. The van der Waals surface area contributed by atoms with E-state index in [0.29, 0.717) is 28.7 Å². The SMILES string of the molecule is CC(C)c1cc(CC(C)c2cc(CC(C)c3cccc(C(F)F)c3)cc(C(F)(F)F)c2)cc([N+](=O)[O-])c1. The lowest BCUT2D eigenvalue weighted by atomic mass is 9.87. The van der Waals surface area contributed by atoms with Crippen LogP contribution >= 0.6 is 0 Å². The summed E-state index contributed by atoms with van der Waals surface area (Å²) in [5.74, 6) is -0.574. The quantitative estimate of drug-likeness (QED) is 0.161. The minimum atomic E-state index is -4.56. The molecule has 0 aromatic heterocycles. The summed E-state index contributed by atoms with van der Waals surface area (Å²) in [6.45, 7) is 7.43. The average Bonchev–Trinajstić information content (AvgIpc) is 2.83. The Morgan fingerprint density at radius 2 is 1.32 bits per heavy atom. The summed E-state index contributed by atoms with van der Waals surface area (Å²) in [6, 6.07) is 14.7. The molecule has 0 aliphatic heterocycles. The number of nitro groups is 1. The van der Waals surface area contributed by atoms with E-state index in [2.05, 4.69) is 0 Å². The summed E-state index contributed by atoms with van der Waals surface area (Å²) in [5.41, 5.74) is 2.08. The van der Waals surface area contributed by atoms with Crippen molar-refractivity contribution in [2.75, 3.05) is 0 Å². The average molecular weight is 520 g/mol. The van der Waals surface area contributed by atoms with Gasteiger partial charge in [-0.15, -0.1) is 0 Å². The summed E-state index contributed by atoms with van der Waals surface area (Å²) >= 11 is 0. The van der Waals surface area contributed by atoms with E-state index < -0.39 is 23.1 Å². The maximum Gasteiger partial charge on any atom is 0.416 e. The van der Waals surface area contributed by atoms with Gasteiger partial charge in [0.25, 0.3) is 12.1 Å². The van der Waals surface area contributed by atoms with E-state index in [1.165, 1.54) is 30.3 Å². The van der Waals surface area contributed by atoms with Gasteiger partial charge < -0.3 is 0 Å². The van der Waals surface area contributed by atoms with Gasteiger partial charge in [0, 0.05) is 17.7 Å². The van der Waals surface area contributed by atoms with E-state index in [0.717, 1.165) is 17.7 Å². The largest absolute Gasteiger partial charge is 0.416 e. The molecule has 198 valence electrons. The highest BCUT2D eigenvalue weighted by Gasteiger charge is 2.32. The van der Waals surface area contributed by atoms with Crippen LogP contribution in [0.2, 0.25) is 0 Å². The van der Waals surface area contributed by atoms with Gasteiger partial charge in [-0.05, 0) is 76.6 Å². The Hall–Kier alpha value is -3.29. The molecule has 0 aliphatic rings. The Morgan fingerprint density at radius 1 is 0.757 bits per heavy atom. The molecule has 37 heavy (non-hydrogen) atoms. The van der Waals surface area contributed by atoms with Crippen molar-refractivity contribution in [3.05, 3.63) is 110 Å². The fourth-order valence-electron chi connectivity index (χ4n) is 4.48. The molecule has 0 aliphatic carbocycles. The van der Waals surface area contributed by atoms with E-state index in [4.69, 9.17) is 0 Å². The molecule has 0 bridgehead atoms. The molecule has 0 spiro atoms. The fourth-order valence-corrected chi connectivity index (χ4v) is 4.48. The molecule has 3 rings (SSSR count). The van der Waals surface area contributed by atoms with E-state index >= 15 is 0 Å². The first-order valence-electron chi connectivity index (χ1n) is 12.1. The van der Waals surface area contributed by atoms with Crippen LogP contribution in [0.25, 0.3) is 0 Å². The molecule has 3 aromatic rings. The Bertz CT molecular complexity index is 1250. The van der Waals surface area contributed by atoms with E-state index in [9.17, 15) is 32.1 Å². The molecule has 0 amide bonds. The van der Waals surface area contributed by atoms with Crippen LogP contribution in [0.3, 0.4) is 0 Å². The summed E-state index contributed by atoms with van der Waals surface area (Å²) in [4.78, 5) is 10.9. The predicted octanol–water partition coefficient (Wildman–Crippen LogP) is 9.37. The maximum absolute atomic E-state index is 13.8. The number of hydrogen-bond acceptors (Lipinski definition) is 2. The maximum atomic E-state index is 13.8. The molecule has 0 saturated carbocycles. The van der Waals surface area contributed by atoms with Crippen molar-refractivity contribution in [1.29, 1.82) is 0 Å². The van der Waals surface area contributed by atoms with Crippen LogP contribution in [0.15, 0.2) is 60.7 Å². The van der Waals surface area contributed by atoms with Crippen LogP contribution in [0.1, 0.15) is 90.8 Å². The number of halogens is 5. The number of nitro benzene ring substituents is 1. The van der Waals surface area contributed by atoms with E-state index in [-0.39, 0.29) is 35.4 Å². The third-order valence-electron chi connectivity index (χ3n) is 6.60. The number of hydrogen-bond donors (Lipinski definition) is 0. The molecule has 2 atom stereocenters. The highest BCUT2D eigenvalue weighted by molar-refractivity contribution is 5.42. The number of nitrogens with zero attached hydrogens (tertiary/aromatic N) is 1. The number of alkyl halides is 5. The molecule has 0 heterocycles. The van der Waals surface area contributed by atoms with Crippen molar-refractivity contribution < 1.29 is 26.9 Å². The molecule has 0 saturated heterocycles. The smallest absolute Gasteiger partial charge is 0.258 e. The summed E-state index contributed by atoms with van der Waals surface area (Å²) in [5, 5.41) is 11.4. The minimum Gasteiger partial charge on any atom is -0.258 e. The van der Waals surface area contributed by atoms with Gasteiger partial charge in [0.05, 0.1) is 10.5 Å². The van der Waals surface area contributed by atoms with Gasteiger partial charge in [0.1, 0.15) is 0 Å². The van der Waals surface area contributed by atoms with Crippen LogP contribution in [0.5, 0.6) is 0 Å². The van der Waals surface area contributed by atoms with Gasteiger partial charge in [-0.2, -0.15) is 13.2 Å². The van der Waals surface area contributed by atoms with Gasteiger partial charge in [-0.25, -0.2) is 8.78 Å². The van der Waals surface area contributed by atoms with Crippen molar-refractivity contribution in [2.45, 2.75) is 70.9 Å². The van der Waals surface area contributed by atoms with Crippen LogP contribution in [0.4, 0.5) is 27.6 Å². The lowest BCUT2D eigenvalue weighted by Gasteiger charge is -2.19. The van der Waals surface area contributed by atoms with Gasteiger partial charge in [0.15, 0.2) is 0 Å². The number of rotatable bonds is 9. The van der Waals surface area contributed by atoms with Gasteiger partial charge in [-0.1, -0.05) is 58.0 Å². The van der Waals surface area contributed by atoms with Crippen LogP contribution in [-0.4, -0.2) is 4.92 Å². The van der Waals surface area contributed by atoms with Gasteiger partial charge in [-0.3, -0.25) is 10.1 Å². The minimum absolute atomic E-state index is 0.0435. The topological polar surface area (TPSA) is 43.1 Å². The first kappa shape index (κ1) is 28.3. The third kappa shape index (κ3) is 7.37. The first-order chi connectivity index (χ1) is 17.2. The van der Waals surface area contributed by atoms with Crippen molar-refractivity contribution in [1.82, 2.24) is 0 Å². The molecule has 2 unspecified atom stereocenters. The lowest BCUT2D eigenvalue weighted by molar-refractivity contribution is -0.385. The van der Waals surface area contributed by atoms with Crippen LogP contribution in [0, 0.1) is 10.1 Å². The Balaban J connectivity index is 1.94. The molecule has 0 fully saturated rings. The Kier molecular flexibility index (Phi) is 8.72. The predicted molar refractivity (Wildman–Crippen MR) is 134 cm³/mol. The van der Waals surface area contributed by atoms with Crippen molar-refractivity contribution in [3.8, 4) is 0 Å². The third-order valence-corrected chi connectivity index (χ3v) is 6.60. The number of benzene rings is 3. The molecular weight excluding hydrogens is 489 g/mol. The summed E-state index contributed by atoms with van der Waals surface area (Å²) < 4.78 is 67.5. The van der Waals surface area contributed by atoms with Crippen LogP contribution in [-0.2, 0) is 19.0 Å². The zero-order valence-electron chi connectivity index (χ0n) is 21.2. The van der Waals surface area contributed by atoms with Gasteiger partial charge in [0.2, 0.25) is 0 Å². The van der Waals surface area contributed by atoms with Crippen LogP contribution < -0.4 is 0 Å². The Labute approximate surface area is 213 Å². The molecule has 0 radical (unpaired) electrons. The molecule has 0 N–H and O–H groups in total. The van der Waals surface area contributed by atoms with E-state index in [1.54, 1.807) is 26.0 Å².